The number of aryl methyl sites for hydroxylation is 2. The molecule has 2 fully saturated rings. The molecule has 0 unspecified atom stereocenters. The lowest BCUT2D eigenvalue weighted by Crippen LogP contribution is -2.50. The van der Waals surface area contributed by atoms with Gasteiger partial charge in [-0.25, -0.2) is 8.42 Å². The number of carbonyl (C=O) groups excluding carboxylic acids is 1. The van der Waals surface area contributed by atoms with Gasteiger partial charge in [-0.1, -0.05) is 41.4 Å². The summed E-state index contributed by atoms with van der Waals surface area (Å²) in [6.45, 7) is 6.01. The van der Waals surface area contributed by atoms with E-state index in [0.29, 0.717) is 44.3 Å². The fraction of sp³-hybridized carbons (Fsp3) is 0.385. The van der Waals surface area contributed by atoms with Gasteiger partial charge in [-0.2, -0.15) is 9.40 Å². The normalized spacial score (nSPS) is 17.3. The first-order valence-electron chi connectivity index (χ1n) is 12.4. The van der Waals surface area contributed by atoms with Gasteiger partial charge in [-0.05, 0) is 31.2 Å². The predicted octanol–water partition coefficient (Wildman–Crippen LogP) is 2.86. The molecule has 37 heavy (non-hydrogen) atoms. The van der Waals surface area contributed by atoms with E-state index in [0.717, 1.165) is 11.4 Å². The van der Waals surface area contributed by atoms with E-state index in [9.17, 15) is 13.2 Å². The van der Waals surface area contributed by atoms with Gasteiger partial charge in [0, 0.05) is 71.3 Å². The van der Waals surface area contributed by atoms with Gasteiger partial charge >= 0.3 is 0 Å². The lowest BCUT2D eigenvalue weighted by Gasteiger charge is -2.36. The van der Waals surface area contributed by atoms with Crippen molar-refractivity contribution in [3.8, 4) is 0 Å². The zero-order valence-electron chi connectivity index (χ0n) is 21.0. The van der Waals surface area contributed by atoms with Crippen molar-refractivity contribution in [2.45, 2.75) is 11.9 Å². The summed E-state index contributed by atoms with van der Waals surface area (Å²) in [4.78, 5) is 19.5. The van der Waals surface area contributed by atoms with Crippen LogP contribution in [0.15, 0.2) is 59.8 Å². The number of para-hydroxylation sites is 1. The van der Waals surface area contributed by atoms with Crippen molar-refractivity contribution in [2.24, 2.45) is 7.05 Å². The zero-order valence-corrected chi connectivity index (χ0v) is 22.6. The first kappa shape index (κ1) is 25.6. The van der Waals surface area contributed by atoms with E-state index in [-0.39, 0.29) is 29.6 Å². The molecule has 5 rings (SSSR count). The first-order valence-corrected chi connectivity index (χ1v) is 14.2. The Bertz CT molecular complexity index is 1380. The number of piperazine rings is 2. The zero-order chi connectivity index (χ0) is 26.2. The van der Waals surface area contributed by atoms with E-state index < -0.39 is 10.0 Å². The maximum Gasteiger partial charge on any atom is 0.263 e. The van der Waals surface area contributed by atoms with Gasteiger partial charge in [0.2, 0.25) is 5.03 Å². The second-order valence-electron chi connectivity index (χ2n) is 9.48. The number of nitrogens with zero attached hydrogens (tertiary/aromatic N) is 6. The Balaban J connectivity index is 1.28. The van der Waals surface area contributed by atoms with Gasteiger partial charge in [0.25, 0.3) is 15.9 Å². The van der Waals surface area contributed by atoms with Crippen LogP contribution in [0.5, 0.6) is 0 Å². The van der Waals surface area contributed by atoms with E-state index in [1.807, 2.05) is 24.3 Å². The Morgan fingerprint density at radius 1 is 0.865 bits per heavy atom. The summed E-state index contributed by atoms with van der Waals surface area (Å²) in [7, 11) is -2.31. The Labute approximate surface area is 222 Å². The largest absolute Gasteiger partial charge is 0.368 e. The molecular weight excluding hydrogens is 512 g/mol. The molecule has 11 heteroatoms. The van der Waals surface area contributed by atoms with Gasteiger partial charge in [0.1, 0.15) is 0 Å². The molecule has 0 aliphatic carbocycles. The minimum Gasteiger partial charge on any atom is -0.368 e. The highest BCUT2D eigenvalue weighted by Crippen LogP contribution is 2.28. The minimum atomic E-state index is -3.95. The van der Waals surface area contributed by atoms with Crippen molar-refractivity contribution < 1.29 is 13.2 Å². The lowest BCUT2D eigenvalue weighted by molar-refractivity contribution is 0.0742. The summed E-state index contributed by atoms with van der Waals surface area (Å²) in [5.41, 5.74) is 3.34. The molecule has 0 atom stereocenters. The van der Waals surface area contributed by atoms with Gasteiger partial charge < -0.3 is 14.7 Å². The SMILES string of the molecule is Cc1ccc(N2CCN(C(=O)c3cn(C)nc3S(=O)(=O)N3CCN(c4ccccc4Cl)CC3)CC2)cc1. The van der Waals surface area contributed by atoms with Crippen LogP contribution in [0.4, 0.5) is 11.4 Å². The third-order valence-electron chi connectivity index (χ3n) is 7.01. The van der Waals surface area contributed by atoms with Crippen molar-refractivity contribution >= 4 is 38.9 Å². The maximum atomic E-state index is 13.6. The van der Waals surface area contributed by atoms with Crippen LogP contribution in [0.25, 0.3) is 0 Å². The Morgan fingerprint density at radius 2 is 1.49 bits per heavy atom. The van der Waals surface area contributed by atoms with E-state index in [2.05, 4.69) is 46.1 Å². The van der Waals surface area contributed by atoms with Crippen LogP contribution in [0.1, 0.15) is 15.9 Å². The topological polar surface area (TPSA) is 82.0 Å². The van der Waals surface area contributed by atoms with Gasteiger partial charge in [0.15, 0.2) is 0 Å². The summed E-state index contributed by atoms with van der Waals surface area (Å²) >= 11 is 6.33. The molecule has 3 aromatic rings. The Kier molecular flexibility index (Phi) is 7.15. The molecule has 0 radical (unpaired) electrons. The molecule has 0 saturated carbocycles. The van der Waals surface area contributed by atoms with E-state index in [1.165, 1.54) is 20.7 Å². The van der Waals surface area contributed by atoms with Crippen molar-refractivity contribution in [3.63, 3.8) is 0 Å². The smallest absolute Gasteiger partial charge is 0.263 e. The van der Waals surface area contributed by atoms with Gasteiger partial charge in [0.05, 0.1) is 16.3 Å². The number of benzene rings is 2. The van der Waals surface area contributed by atoms with Crippen molar-refractivity contribution in [1.82, 2.24) is 19.0 Å². The van der Waals surface area contributed by atoms with Crippen LogP contribution in [0.2, 0.25) is 5.02 Å². The van der Waals surface area contributed by atoms with Crippen molar-refractivity contribution in [1.29, 1.82) is 0 Å². The highest BCUT2D eigenvalue weighted by Gasteiger charge is 2.36. The molecular formula is C26H31ClN6O3S. The highest BCUT2D eigenvalue weighted by molar-refractivity contribution is 7.89. The molecule has 196 valence electrons. The number of aromatic nitrogens is 2. The summed E-state index contributed by atoms with van der Waals surface area (Å²) < 4.78 is 30.0. The molecule has 1 aromatic heterocycles. The number of halogens is 1. The standard InChI is InChI=1S/C26H31ClN6O3S/c1-20-7-9-21(10-8-20)30-11-13-32(14-12-30)26(34)22-19-29(2)28-25(22)37(35,36)33-17-15-31(16-18-33)24-6-4-3-5-23(24)27/h3-10,19H,11-18H2,1-2H3. The van der Waals surface area contributed by atoms with E-state index in [1.54, 1.807) is 11.9 Å². The molecule has 2 saturated heterocycles. The Hall–Kier alpha value is -3.08. The molecule has 0 spiro atoms. The summed E-state index contributed by atoms with van der Waals surface area (Å²) in [5, 5.41) is 4.69. The molecule has 1 amide bonds. The molecule has 2 aromatic carbocycles. The third kappa shape index (κ3) is 5.18. The number of carbonyl (C=O) groups is 1. The van der Waals surface area contributed by atoms with Crippen molar-refractivity contribution in [2.75, 3.05) is 62.2 Å². The number of hydrogen-bond donors (Lipinski definition) is 0. The van der Waals surface area contributed by atoms with Crippen molar-refractivity contribution in [3.05, 3.63) is 70.9 Å². The van der Waals surface area contributed by atoms with Crippen LogP contribution in [-0.4, -0.2) is 85.7 Å². The quantitative estimate of drug-likeness (QED) is 0.493. The molecule has 3 heterocycles. The molecule has 0 bridgehead atoms. The predicted molar refractivity (Wildman–Crippen MR) is 145 cm³/mol. The van der Waals surface area contributed by atoms with Crippen LogP contribution in [-0.2, 0) is 17.1 Å². The fourth-order valence-electron chi connectivity index (χ4n) is 4.90. The van der Waals surface area contributed by atoms with E-state index >= 15 is 0 Å². The molecule has 2 aliphatic rings. The highest BCUT2D eigenvalue weighted by atomic mass is 35.5. The van der Waals surface area contributed by atoms with Crippen LogP contribution < -0.4 is 9.80 Å². The molecule has 0 N–H and O–H groups in total. The molecule has 9 nitrogen and oxygen atoms in total. The minimum absolute atomic E-state index is 0.125. The number of hydrogen-bond acceptors (Lipinski definition) is 6. The molecule has 2 aliphatic heterocycles. The number of rotatable bonds is 5. The van der Waals surface area contributed by atoms with Crippen LogP contribution in [0.3, 0.4) is 0 Å². The van der Waals surface area contributed by atoms with Crippen LogP contribution in [0, 0.1) is 6.92 Å². The monoisotopic (exact) mass is 542 g/mol. The fourth-order valence-corrected chi connectivity index (χ4v) is 6.69. The second-order valence-corrected chi connectivity index (χ2v) is 11.7. The number of amides is 1. The Morgan fingerprint density at radius 3 is 2.14 bits per heavy atom. The summed E-state index contributed by atoms with van der Waals surface area (Å²) in [6.07, 6.45) is 1.52. The average Bonchev–Trinajstić information content (AvgIpc) is 3.32. The van der Waals surface area contributed by atoms with Gasteiger partial charge in [-0.3, -0.25) is 9.48 Å². The third-order valence-corrected chi connectivity index (χ3v) is 9.16. The average molecular weight is 543 g/mol. The summed E-state index contributed by atoms with van der Waals surface area (Å²) in [5.74, 6) is -0.301. The van der Waals surface area contributed by atoms with E-state index in [4.69, 9.17) is 11.6 Å². The number of sulfonamides is 1. The van der Waals surface area contributed by atoms with Gasteiger partial charge in [-0.15, -0.1) is 0 Å². The first-order chi connectivity index (χ1) is 17.7. The van der Waals surface area contributed by atoms with Crippen LogP contribution >= 0.6 is 11.6 Å². The maximum absolute atomic E-state index is 13.6. The second kappa shape index (κ2) is 10.4. The number of anilines is 2. The summed E-state index contributed by atoms with van der Waals surface area (Å²) in [6, 6.07) is 15.9. The lowest BCUT2D eigenvalue weighted by atomic mass is 10.2.